The third-order valence-corrected chi connectivity index (χ3v) is 6.57. The van der Waals surface area contributed by atoms with Crippen molar-refractivity contribution in [1.29, 1.82) is 0 Å². The zero-order valence-electron chi connectivity index (χ0n) is 16.9. The summed E-state index contributed by atoms with van der Waals surface area (Å²) in [5.41, 5.74) is 3.31. The maximum absolute atomic E-state index is 12.2. The summed E-state index contributed by atoms with van der Waals surface area (Å²) in [6, 6.07) is 14.9. The van der Waals surface area contributed by atoms with Crippen LogP contribution in [0, 0.1) is 6.92 Å². The second kappa shape index (κ2) is 10.0. The first-order valence-electron chi connectivity index (χ1n) is 10.1. The highest BCUT2D eigenvalue weighted by Gasteiger charge is 2.14. The molecule has 1 aliphatic rings. The van der Waals surface area contributed by atoms with Gasteiger partial charge in [0.05, 0.1) is 4.90 Å². The van der Waals surface area contributed by atoms with Crippen molar-refractivity contribution in [3.05, 3.63) is 65.2 Å². The highest BCUT2D eigenvalue weighted by atomic mass is 32.2. The lowest BCUT2D eigenvalue weighted by Gasteiger charge is -2.14. The molecule has 29 heavy (non-hydrogen) atoms. The minimum absolute atomic E-state index is 0.0663. The number of likely N-dealkylation sites (tertiary alicyclic amines) is 1. The van der Waals surface area contributed by atoms with Crippen LogP contribution in [-0.2, 0) is 27.9 Å². The number of nitrogens with zero attached hydrogens (tertiary/aromatic N) is 1. The van der Waals surface area contributed by atoms with E-state index in [-0.39, 0.29) is 23.8 Å². The molecular formula is C22H29N3O3S. The zero-order chi connectivity index (χ0) is 20.7. The van der Waals surface area contributed by atoms with Crippen LogP contribution < -0.4 is 10.0 Å². The van der Waals surface area contributed by atoms with Gasteiger partial charge in [-0.3, -0.25) is 9.69 Å². The molecule has 3 rings (SSSR count). The normalized spacial score (nSPS) is 14.8. The predicted octanol–water partition coefficient (Wildman–Crippen LogP) is 2.58. The first kappa shape index (κ1) is 21.5. The highest BCUT2D eigenvalue weighted by Crippen LogP contribution is 2.13. The van der Waals surface area contributed by atoms with Gasteiger partial charge in [0.25, 0.3) is 0 Å². The summed E-state index contributed by atoms with van der Waals surface area (Å²) in [7, 11) is -3.59. The standard InChI is InChI=1S/C22H29N3O3S/c1-18-4-10-21(11-5-18)29(27,28)24-13-12-22(26)23-16-19-6-8-20(9-7-19)17-25-14-2-3-15-25/h4-11,24H,2-3,12-17H2,1H3,(H,23,26). The van der Waals surface area contributed by atoms with Gasteiger partial charge in [0.2, 0.25) is 15.9 Å². The van der Waals surface area contributed by atoms with Crippen molar-refractivity contribution in [3.8, 4) is 0 Å². The van der Waals surface area contributed by atoms with Crippen LogP contribution >= 0.6 is 0 Å². The van der Waals surface area contributed by atoms with E-state index in [4.69, 9.17) is 0 Å². The second-order valence-electron chi connectivity index (χ2n) is 7.54. The number of nitrogens with one attached hydrogen (secondary N) is 2. The van der Waals surface area contributed by atoms with Gasteiger partial charge in [-0.2, -0.15) is 0 Å². The van der Waals surface area contributed by atoms with Gasteiger partial charge in [0.15, 0.2) is 0 Å². The van der Waals surface area contributed by atoms with Crippen molar-refractivity contribution in [2.24, 2.45) is 0 Å². The predicted molar refractivity (Wildman–Crippen MR) is 114 cm³/mol. The van der Waals surface area contributed by atoms with Gasteiger partial charge in [-0.1, -0.05) is 42.0 Å². The lowest BCUT2D eigenvalue weighted by atomic mass is 10.1. The molecule has 1 heterocycles. The quantitative estimate of drug-likeness (QED) is 0.660. The first-order chi connectivity index (χ1) is 13.9. The molecule has 2 N–H and O–H groups in total. The molecule has 0 aliphatic carbocycles. The summed E-state index contributed by atoms with van der Waals surface area (Å²) in [6.45, 7) is 5.73. The summed E-state index contributed by atoms with van der Waals surface area (Å²) in [5.74, 6) is -0.183. The Morgan fingerprint density at radius 1 is 0.966 bits per heavy atom. The average Bonchev–Trinajstić information content (AvgIpc) is 3.21. The van der Waals surface area contributed by atoms with E-state index in [9.17, 15) is 13.2 Å². The Morgan fingerprint density at radius 3 is 2.24 bits per heavy atom. The van der Waals surface area contributed by atoms with Crippen molar-refractivity contribution in [3.63, 3.8) is 0 Å². The largest absolute Gasteiger partial charge is 0.352 e. The molecule has 0 radical (unpaired) electrons. The molecule has 0 bridgehead atoms. The molecule has 1 saturated heterocycles. The number of hydrogen-bond acceptors (Lipinski definition) is 4. The zero-order valence-corrected chi connectivity index (χ0v) is 17.7. The molecule has 6 nitrogen and oxygen atoms in total. The Morgan fingerprint density at radius 2 is 1.59 bits per heavy atom. The van der Waals surface area contributed by atoms with Gasteiger partial charge < -0.3 is 5.32 Å². The number of hydrogen-bond donors (Lipinski definition) is 2. The van der Waals surface area contributed by atoms with Gasteiger partial charge in [-0.25, -0.2) is 13.1 Å². The molecule has 2 aromatic rings. The minimum Gasteiger partial charge on any atom is -0.352 e. The van der Waals surface area contributed by atoms with E-state index in [1.165, 1.54) is 31.5 Å². The van der Waals surface area contributed by atoms with Crippen molar-refractivity contribution in [2.45, 2.75) is 44.2 Å². The number of carbonyl (C=O) groups excluding carboxylic acids is 1. The number of amides is 1. The maximum atomic E-state index is 12.2. The number of carbonyl (C=O) groups is 1. The van der Waals surface area contributed by atoms with E-state index in [2.05, 4.69) is 27.1 Å². The summed E-state index contributed by atoms with van der Waals surface area (Å²) in [5, 5.41) is 2.84. The summed E-state index contributed by atoms with van der Waals surface area (Å²) >= 11 is 0. The molecule has 1 fully saturated rings. The van der Waals surface area contributed by atoms with Crippen LogP contribution in [0.4, 0.5) is 0 Å². The van der Waals surface area contributed by atoms with Crippen molar-refractivity contribution in [1.82, 2.24) is 14.9 Å². The third kappa shape index (κ3) is 6.66. The highest BCUT2D eigenvalue weighted by molar-refractivity contribution is 7.89. The number of rotatable bonds is 9. The molecular weight excluding hydrogens is 386 g/mol. The lowest BCUT2D eigenvalue weighted by Crippen LogP contribution is -2.30. The lowest BCUT2D eigenvalue weighted by molar-refractivity contribution is -0.121. The fourth-order valence-corrected chi connectivity index (χ4v) is 4.38. The molecule has 0 atom stereocenters. The van der Waals surface area contributed by atoms with Crippen LogP contribution in [0.15, 0.2) is 53.4 Å². The minimum atomic E-state index is -3.59. The Bertz CT molecular complexity index is 903. The van der Waals surface area contributed by atoms with Gasteiger partial charge in [0.1, 0.15) is 0 Å². The van der Waals surface area contributed by atoms with Crippen LogP contribution in [-0.4, -0.2) is 38.9 Å². The molecule has 156 valence electrons. The molecule has 0 spiro atoms. The molecule has 7 heteroatoms. The van der Waals surface area contributed by atoms with Gasteiger partial charge in [0, 0.05) is 26.1 Å². The van der Waals surface area contributed by atoms with Gasteiger partial charge >= 0.3 is 0 Å². The van der Waals surface area contributed by atoms with E-state index in [0.717, 1.165) is 17.7 Å². The summed E-state index contributed by atoms with van der Waals surface area (Å²) < 4.78 is 26.9. The molecule has 2 aromatic carbocycles. The molecule has 0 saturated carbocycles. The smallest absolute Gasteiger partial charge is 0.240 e. The second-order valence-corrected chi connectivity index (χ2v) is 9.30. The fraction of sp³-hybridized carbons (Fsp3) is 0.409. The van der Waals surface area contributed by atoms with Crippen LogP contribution in [0.3, 0.4) is 0 Å². The summed E-state index contributed by atoms with van der Waals surface area (Å²) in [6.07, 6.45) is 2.66. The molecule has 0 aromatic heterocycles. The fourth-order valence-electron chi connectivity index (χ4n) is 3.35. The van der Waals surface area contributed by atoms with Gasteiger partial charge in [-0.15, -0.1) is 0 Å². The monoisotopic (exact) mass is 415 g/mol. The Labute approximate surface area is 173 Å². The van der Waals surface area contributed by atoms with Crippen LogP contribution in [0.25, 0.3) is 0 Å². The van der Waals surface area contributed by atoms with Crippen LogP contribution in [0.2, 0.25) is 0 Å². The first-order valence-corrected chi connectivity index (χ1v) is 11.5. The summed E-state index contributed by atoms with van der Waals surface area (Å²) in [4.78, 5) is 14.7. The molecule has 1 amide bonds. The molecule has 1 aliphatic heterocycles. The van der Waals surface area contributed by atoms with E-state index in [1.54, 1.807) is 24.3 Å². The van der Waals surface area contributed by atoms with Gasteiger partial charge in [-0.05, 0) is 56.1 Å². The van der Waals surface area contributed by atoms with E-state index in [1.807, 2.05) is 19.1 Å². The van der Waals surface area contributed by atoms with Crippen LogP contribution in [0.1, 0.15) is 36.0 Å². The molecule has 0 unspecified atom stereocenters. The third-order valence-electron chi connectivity index (χ3n) is 5.09. The maximum Gasteiger partial charge on any atom is 0.240 e. The Hall–Kier alpha value is -2.22. The van der Waals surface area contributed by atoms with Crippen LogP contribution in [0.5, 0.6) is 0 Å². The van der Waals surface area contributed by atoms with Crippen molar-refractivity contribution in [2.75, 3.05) is 19.6 Å². The Kier molecular flexibility index (Phi) is 7.41. The van der Waals surface area contributed by atoms with E-state index < -0.39 is 10.0 Å². The number of aryl methyl sites for hydroxylation is 1. The number of benzene rings is 2. The van der Waals surface area contributed by atoms with E-state index >= 15 is 0 Å². The SMILES string of the molecule is Cc1ccc(S(=O)(=O)NCCC(=O)NCc2ccc(CN3CCCC3)cc2)cc1. The topological polar surface area (TPSA) is 78.5 Å². The Balaban J connectivity index is 1.38. The van der Waals surface area contributed by atoms with Crippen molar-refractivity contribution >= 4 is 15.9 Å². The van der Waals surface area contributed by atoms with Crippen molar-refractivity contribution < 1.29 is 13.2 Å². The van der Waals surface area contributed by atoms with E-state index in [0.29, 0.717) is 6.54 Å². The average molecular weight is 416 g/mol. The number of sulfonamides is 1.